The SMILES string of the molecule is CCC(CBr)CCOCCC(C)C. The molecule has 0 aliphatic heterocycles. The third-order valence-electron chi connectivity index (χ3n) is 2.31. The molecule has 0 aromatic carbocycles. The molecule has 0 aromatic rings. The first-order valence-corrected chi connectivity index (χ1v) is 6.46. The molecule has 0 amide bonds. The van der Waals surface area contributed by atoms with Gasteiger partial charge in [-0.3, -0.25) is 0 Å². The predicted octanol–water partition coefficient (Wildman–Crippen LogP) is 3.86. The lowest BCUT2D eigenvalue weighted by atomic mass is 10.1. The average molecular weight is 251 g/mol. The number of alkyl halides is 1. The van der Waals surface area contributed by atoms with Crippen molar-refractivity contribution in [2.45, 2.75) is 40.0 Å². The molecule has 2 heteroatoms. The van der Waals surface area contributed by atoms with Gasteiger partial charge in [0.25, 0.3) is 0 Å². The average Bonchev–Trinajstić information content (AvgIpc) is 2.11. The van der Waals surface area contributed by atoms with Crippen molar-refractivity contribution in [1.29, 1.82) is 0 Å². The van der Waals surface area contributed by atoms with E-state index in [2.05, 4.69) is 36.7 Å². The van der Waals surface area contributed by atoms with Gasteiger partial charge in [0.1, 0.15) is 0 Å². The van der Waals surface area contributed by atoms with Gasteiger partial charge in [-0.05, 0) is 24.7 Å². The second kappa shape index (κ2) is 9.01. The maximum atomic E-state index is 5.56. The van der Waals surface area contributed by atoms with Gasteiger partial charge >= 0.3 is 0 Å². The van der Waals surface area contributed by atoms with Gasteiger partial charge < -0.3 is 4.74 Å². The lowest BCUT2D eigenvalue weighted by molar-refractivity contribution is 0.112. The van der Waals surface area contributed by atoms with Crippen LogP contribution in [0.5, 0.6) is 0 Å². The van der Waals surface area contributed by atoms with Gasteiger partial charge in [0.2, 0.25) is 0 Å². The Labute approximate surface area is 91.4 Å². The van der Waals surface area contributed by atoms with Gasteiger partial charge in [-0.15, -0.1) is 0 Å². The second-order valence-electron chi connectivity index (χ2n) is 4.01. The maximum Gasteiger partial charge on any atom is 0.0468 e. The number of halogens is 1. The van der Waals surface area contributed by atoms with Gasteiger partial charge in [0.05, 0.1) is 0 Å². The van der Waals surface area contributed by atoms with E-state index in [1.54, 1.807) is 0 Å². The lowest BCUT2D eigenvalue weighted by Gasteiger charge is -2.11. The summed E-state index contributed by atoms with van der Waals surface area (Å²) < 4.78 is 5.56. The minimum atomic E-state index is 0.762. The summed E-state index contributed by atoms with van der Waals surface area (Å²) >= 11 is 3.51. The van der Waals surface area contributed by atoms with Crippen LogP contribution >= 0.6 is 15.9 Å². The highest BCUT2D eigenvalue weighted by molar-refractivity contribution is 9.09. The van der Waals surface area contributed by atoms with Crippen LogP contribution in [0.15, 0.2) is 0 Å². The second-order valence-corrected chi connectivity index (χ2v) is 4.66. The van der Waals surface area contributed by atoms with E-state index >= 15 is 0 Å². The van der Waals surface area contributed by atoms with Crippen molar-refractivity contribution < 1.29 is 4.74 Å². The van der Waals surface area contributed by atoms with Crippen molar-refractivity contribution in [2.24, 2.45) is 11.8 Å². The van der Waals surface area contributed by atoms with Crippen LogP contribution in [-0.2, 0) is 4.74 Å². The Balaban J connectivity index is 3.14. The van der Waals surface area contributed by atoms with Crippen molar-refractivity contribution in [3.8, 4) is 0 Å². The molecule has 0 aromatic heterocycles. The van der Waals surface area contributed by atoms with Crippen molar-refractivity contribution in [1.82, 2.24) is 0 Å². The van der Waals surface area contributed by atoms with E-state index in [4.69, 9.17) is 4.74 Å². The molecule has 80 valence electrons. The zero-order valence-corrected chi connectivity index (χ0v) is 10.8. The number of ether oxygens (including phenoxy) is 1. The highest BCUT2D eigenvalue weighted by atomic mass is 79.9. The lowest BCUT2D eigenvalue weighted by Crippen LogP contribution is -2.07. The van der Waals surface area contributed by atoms with E-state index in [1.807, 2.05) is 0 Å². The molecule has 0 radical (unpaired) electrons. The quantitative estimate of drug-likeness (QED) is 0.470. The standard InChI is InChI=1S/C11H23BrO/c1-4-11(9-12)6-8-13-7-5-10(2)3/h10-11H,4-9H2,1-3H3. The maximum absolute atomic E-state index is 5.56. The molecule has 1 atom stereocenters. The molecule has 1 unspecified atom stereocenters. The molecule has 0 bridgehead atoms. The Hall–Kier alpha value is 0.440. The van der Waals surface area contributed by atoms with E-state index in [1.165, 1.54) is 19.3 Å². The Morgan fingerprint density at radius 1 is 1.15 bits per heavy atom. The summed E-state index contributed by atoms with van der Waals surface area (Å²) in [6, 6.07) is 0. The highest BCUT2D eigenvalue weighted by Crippen LogP contribution is 2.11. The molecular weight excluding hydrogens is 228 g/mol. The first-order chi connectivity index (χ1) is 6.20. The van der Waals surface area contributed by atoms with Gasteiger partial charge in [-0.1, -0.05) is 43.1 Å². The zero-order chi connectivity index (χ0) is 10.1. The molecule has 0 aliphatic carbocycles. The van der Waals surface area contributed by atoms with Crippen LogP contribution in [0.25, 0.3) is 0 Å². The largest absolute Gasteiger partial charge is 0.381 e. The summed E-state index contributed by atoms with van der Waals surface area (Å²) in [5.41, 5.74) is 0. The van der Waals surface area contributed by atoms with Crippen molar-refractivity contribution in [3.63, 3.8) is 0 Å². The number of hydrogen-bond donors (Lipinski definition) is 0. The molecule has 1 nitrogen and oxygen atoms in total. The van der Waals surface area contributed by atoms with Crippen LogP contribution in [0, 0.1) is 11.8 Å². The molecule has 0 rings (SSSR count). The van der Waals surface area contributed by atoms with Crippen molar-refractivity contribution in [3.05, 3.63) is 0 Å². The fourth-order valence-corrected chi connectivity index (χ4v) is 1.84. The summed E-state index contributed by atoms with van der Waals surface area (Å²) in [7, 11) is 0. The zero-order valence-electron chi connectivity index (χ0n) is 9.18. The predicted molar refractivity (Wildman–Crippen MR) is 62.5 cm³/mol. The molecule has 0 aliphatic rings. The molecule has 0 saturated carbocycles. The Morgan fingerprint density at radius 3 is 2.23 bits per heavy atom. The van der Waals surface area contributed by atoms with Gasteiger partial charge in [-0.2, -0.15) is 0 Å². The molecule has 0 heterocycles. The number of rotatable bonds is 8. The summed E-state index contributed by atoms with van der Waals surface area (Å²) in [6.07, 6.45) is 3.63. The minimum Gasteiger partial charge on any atom is -0.381 e. The van der Waals surface area contributed by atoms with Crippen molar-refractivity contribution in [2.75, 3.05) is 18.5 Å². The van der Waals surface area contributed by atoms with E-state index in [9.17, 15) is 0 Å². The monoisotopic (exact) mass is 250 g/mol. The van der Waals surface area contributed by atoms with Crippen LogP contribution in [0.1, 0.15) is 40.0 Å². The normalized spacial score (nSPS) is 13.6. The first-order valence-electron chi connectivity index (χ1n) is 5.34. The highest BCUT2D eigenvalue weighted by Gasteiger charge is 2.03. The molecule has 13 heavy (non-hydrogen) atoms. The van der Waals surface area contributed by atoms with E-state index in [0.717, 1.165) is 30.4 Å². The topological polar surface area (TPSA) is 9.23 Å². The molecule has 0 N–H and O–H groups in total. The Kier molecular flexibility index (Phi) is 9.32. The molecule has 0 saturated heterocycles. The molecule has 0 fully saturated rings. The molecular formula is C11H23BrO. The van der Waals surface area contributed by atoms with Gasteiger partial charge in [-0.25, -0.2) is 0 Å². The number of hydrogen-bond acceptors (Lipinski definition) is 1. The van der Waals surface area contributed by atoms with Crippen LogP contribution < -0.4 is 0 Å². The van der Waals surface area contributed by atoms with Gasteiger partial charge in [0, 0.05) is 18.5 Å². The fourth-order valence-electron chi connectivity index (χ4n) is 1.06. The Bertz CT molecular complexity index is 100. The van der Waals surface area contributed by atoms with Gasteiger partial charge in [0.15, 0.2) is 0 Å². The fraction of sp³-hybridized carbons (Fsp3) is 1.00. The molecule has 0 spiro atoms. The smallest absolute Gasteiger partial charge is 0.0468 e. The van der Waals surface area contributed by atoms with Crippen LogP contribution in [0.4, 0.5) is 0 Å². The summed E-state index contributed by atoms with van der Waals surface area (Å²) in [5.74, 6) is 1.55. The first kappa shape index (κ1) is 13.4. The van der Waals surface area contributed by atoms with E-state index in [-0.39, 0.29) is 0 Å². The van der Waals surface area contributed by atoms with Crippen LogP contribution in [0.2, 0.25) is 0 Å². The summed E-state index contributed by atoms with van der Waals surface area (Å²) in [5, 5.41) is 1.11. The minimum absolute atomic E-state index is 0.762. The summed E-state index contributed by atoms with van der Waals surface area (Å²) in [4.78, 5) is 0. The third kappa shape index (κ3) is 8.76. The van der Waals surface area contributed by atoms with Crippen LogP contribution in [-0.4, -0.2) is 18.5 Å². The van der Waals surface area contributed by atoms with E-state index < -0.39 is 0 Å². The Morgan fingerprint density at radius 2 is 1.77 bits per heavy atom. The van der Waals surface area contributed by atoms with Crippen LogP contribution in [0.3, 0.4) is 0 Å². The van der Waals surface area contributed by atoms with Crippen molar-refractivity contribution >= 4 is 15.9 Å². The summed E-state index contributed by atoms with van der Waals surface area (Å²) in [6.45, 7) is 8.56. The van der Waals surface area contributed by atoms with E-state index in [0.29, 0.717) is 0 Å². The third-order valence-corrected chi connectivity index (χ3v) is 3.22.